The zero-order chi connectivity index (χ0) is 15.1. The number of amides is 1. The maximum absolute atomic E-state index is 11.9. The van der Waals surface area contributed by atoms with Crippen LogP contribution in [-0.2, 0) is 17.8 Å². The molecule has 0 spiro atoms. The van der Waals surface area contributed by atoms with Gasteiger partial charge in [-0.3, -0.25) is 4.79 Å². The molecule has 110 valence electrons. The van der Waals surface area contributed by atoms with Gasteiger partial charge in [-0.25, -0.2) is 4.98 Å². The number of nitrogens with zero attached hydrogens (tertiary/aromatic N) is 1. The second-order valence-electron chi connectivity index (χ2n) is 4.57. The summed E-state index contributed by atoms with van der Waals surface area (Å²) in [5.41, 5.74) is 1.94. The van der Waals surface area contributed by atoms with E-state index in [0.717, 1.165) is 11.1 Å². The minimum Gasteiger partial charge on any atom is -0.481 e. The van der Waals surface area contributed by atoms with Crippen molar-refractivity contribution in [1.29, 1.82) is 0 Å². The Labute approximate surface area is 129 Å². The molecule has 1 aromatic heterocycles. The third-order valence-corrected chi connectivity index (χ3v) is 3.45. The van der Waals surface area contributed by atoms with Gasteiger partial charge >= 0.3 is 0 Å². The van der Waals surface area contributed by atoms with Crippen molar-refractivity contribution in [3.63, 3.8) is 0 Å². The second-order valence-corrected chi connectivity index (χ2v) is 4.98. The monoisotopic (exact) mass is 304 g/mol. The Morgan fingerprint density at radius 3 is 2.90 bits per heavy atom. The summed E-state index contributed by atoms with van der Waals surface area (Å²) in [4.78, 5) is 15.9. The molecule has 0 saturated carbocycles. The van der Waals surface area contributed by atoms with Gasteiger partial charge in [0.25, 0.3) is 0 Å². The van der Waals surface area contributed by atoms with Crippen LogP contribution in [0.4, 0.5) is 0 Å². The number of ether oxygens (including phenoxy) is 1. The molecule has 2 aromatic rings. The minimum absolute atomic E-state index is 0.00861. The number of nitrogens with one attached hydrogen (secondary N) is 1. The van der Waals surface area contributed by atoms with Crippen LogP contribution in [0.15, 0.2) is 42.6 Å². The van der Waals surface area contributed by atoms with Crippen molar-refractivity contribution in [2.75, 3.05) is 7.11 Å². The second kappa shape index (κ2) is 7.64. The molecule has 0 bridgehead atoms. The van der Waals surface area contributed by atoms with Crippen LogP contribution >= 0.6 is 11.6 Å². The highest BCUT2D eigenvalue weighted by Crippen LogP contribution is 2.16. The van der Waals surface area contributed by atoms with Crippen molar-refractivity contribution in [3.05, 3.63) is 58.7 Å². The fourth-order valence-corrected chi connectivity index (χ4v) is 2.14. The largest absolute Gasteiger partial charge is 0.481 e. The first kappa shape index (κ1) is 15.3. The number of hydrogen-bond acceptors (Lipinski definition) is 3. The van der Waals surface area contributed by atoms with E-state index in [1.807, 2.05) is 30.3 Å². The number of carbonyl (C=O) groups excluding carboxylic acids is 1. The fourth-order valence-electron chi connectivity index (χ4n) is 1.91. The third-order valence-electron chi connectivity index (χ3n) is 3.08. The van der Waals surface area contributed by atoms with E-state index in [1.54, 1.807) is 19.4 Å². The molecule has 0 fully saturated rings. The van der Waals surface area contributed by atoms with Crippen LogP contribution in [0.25, 0.3) is 0 Å². The van der Waals surface area contributed by atoms with E-state index in [2.05, 4.69) is 10.3 Å². The maximum Gasteiger partial charge on any atom is 0.220 e. The first-order valence-corrected chi connectivity index (χ1v) is 7.06. The highest BCUT2D eigenvalue weighted by atomic mass is 35.5. The molecule has 1 aromatic carbocycles. The maximum atomic E-state index is 11.9. The molecule has 21 heavy (non-hydrogen) atoms. The zero-order valence-corrected chi connectivity index (χ0v) is 12.6. The molecule has 2 rings (SSSR count). The number of benzene rings is 1. The van der Waals surface area contributed by atoms with Crippen LogP contribution in [0.3, 0.4) is 0 Å². The van der Waals surface area contributed by atoms with E-state index in [4.69, 9.17) is 16.3 Å². The summed E-state index contributed by atoms with van der Waals surface area (Å²) in [5, 5.41) is 3.57. The number of aryl methyl sites for hydroxylation is 1. The Morgan fingerprint density at radius 1 is 1.33 bits per heavy atom. The quantitative estimate of drug-likeness (QED) is 0.892. The number of rotatable bonds is 6. The van der Waals surface area contributed by atoms with Crippen LogP contribution in [0, 0.1) is 0 Å². The van der Waals surface area contributed by atoms with Crippen LogP contribution in [0.1, 0.15) is 17.5 Å². The SMILES string of the molecule is COc1cc(CNC(=O)CCc2ccccc2Cl)ccn1. The van der Waals surface area contributed by atoms with Gasteiger partial charge in [0.2, 0.25) is 11.8 Å². The average molecular weight is 305 g/mol. The lowest BCUT2D eigenvalue weighted by molar-refractivity contribution is -0.121. The molecule has 5 heteroatoms. The van der Waals surface area contributed by atoms with Crippen molar-refractivity contribution in [2.45, 2.75) is 19.4 Å². The lowest BCUT2D eigenvalue weighted by Crippen LogP contribution is -2.23. The molecule has 0 aliphatic carbocycles. The van der Waals surface area contributed by atoms with E-state index >= 15 is 0 Å². The average Bonchev–Trinajstić information content (AvgIpc) is 2.52. The summed E-state index contributed by atoms with van der Waals surface area (Å²) in [6, 6.07) is 11.2. The summed E-state index contributed by atoms with van der Waals surface area (Å²) in [7, 11) is 1.56. The fraction of sp³-hybridized carbons (Fsp3) is 0.250. The van der Waals surface area contributed by atoms with Crippen LogP contribution < -0.4 is 10.1 Å². The van der Waals surface area contributed by atoms with Gasteiger partial charge < -0.3 is 10.1 Å². The molecule has 1 amide bonds. The van der Waals surface area contributed by atoms with Gasteiger partial charge in [0.15, 0.2) is 0 Å². The predicted molar refractivity (Wildman–Crippen MR) is 82.4 cm³/mol. The molecule has 0 unspecified atom stereocenters. The summed E-state index contributed by atoms with van der Waals surface area (Å²) in [6.45, 7) is 0.459. The molecule has 0 atom stereocenters. The van der Waals surface area contributed by atoms with Crippen molar-refractivity contribution in [1.82, 2.24) is 10.3 Å². The molecule has 0 aliphatic rings. The molecule has 1 N–H and O–H groups in total. The predicted octanol–water partition coefficient (Wildman–Crippen LogP) is 2.99. The van der Waals surface area contributed by atoms with Gasteiger partial charge in [0.1, 0.15) is 0 Å². The Kier molecular flexibility index (Phi) is 5.58. The molecular weight excluding hydrogens is 288 g/mol. The highest BCUT2D eigenvalue weighted by Gasteiger charge is 2.05. The van der Waals surface area contributed by atoms with E-state index in [1.165, 1.54) is 0 Å². The molecular formula is C16H17ClN2O2. The van der Waals surface area contributed by atoms with Crippen LogP contribution in [-0.4, -0.2) is 18.0 Å². The Morgan fingerprint density at radius 2 is 2.14 bits per heavy atom. The Balaban J connectivity index is 1.81. The minimum atomic E-state index is -0.00861. The summed E-state index contributed by atoms with van der Waals surface area (Å²) >= 11 is 6.06. The highest BCUT2D eigenvalue weighted by molar-refractivity contribution is 6.31. The normalized spacial score (nSPS) is 10.2. The lowest BCUT2D eigenvalue weighted by atomic mass is 10.1. The number of halogens is 1. The molecule has 1 heterocycles. The van der Waals surface area contributed by atoms with Gasteiger partial charge in [-0.15, -0.1) is 0 Å². The van der Waals surface area contributed by atoms with E-state index in [9.17, 15) is 4.79 Å². The number of carbonyl (C=O) groups is 1. The molecule has 0 aliphatic heterocycles. The molecule has 0 radical (unpaired) electrons. The van der Waals surface area contributed by atoms with Gasteiger partial charge in [0, 0.05) is 30.3 Å². The first-order valence-electron chi connectivity index (χ1n) is 6.68. The molecule has 4 nitrogen and oxygen atoms in total. The number of methoxy groups -OCH3 is 1. The first-order chi connectivity index (χ1) is 10.2. The summed E-state index contributed by atoms with van der Waals surface area (Å²) in [5.74, 6) is 0.531. The van der Waals surface area contributed by atoms with E-state index in [0.29, 0.717) is 30.3 Å². The Bertz CT molecular complexity index is 617. The summed E-state index contributed by atoms with van der Waals surface area (Å²) < 4.78 is 5.04. The molecule has 0 saturated heterocycles. The Hall–Kier alpha value is -2.07. The number of hydrogen-bond donors (Lipinski definition) is 1. The van der Waals surface area contributed by atoms with Crippen LogP contribution in [0.2, 0.25) is 5.02 Å². The van der Waals surface area contributed by atoms with Gasteiger partial charge in [-0.05, 0) is 29.7 Å². The lowest BCUT2D eigenvalue weighted by Gasteiger charge is -2.07. The van der Waals surface area contributed by atoms with Gasteiger partial charge in [-0.1, -0.05) is 29.8 Å². The van der Waals surface area contributed by atoms with Gasteiger partial charge in [-0.2, -0.15) is 0 Å². The van der Waals surface area contributed by atoms with E-state index in [-0.39, 0.29) is 5.91 Å². The van der Waals surface area contributed by atoms with Gasteiger partial charge in [0.05, 0.1) is 7.11 Å². The number of aromatic nitrogens is 1. The van der Waals surface area contributed by atoms with Crippen LogP contribution in [0.5, 0.6) is 5.88 Å². The third kappa shape index (κ3) is 4.76. The van der Waals surface area contributed by atoms with Crippen molar-refractivity contribution < 1.29 is 9.53 Å². The van der Waals surface area contributed by atoms with E-state index < -0.39 is 0 Å². The van der Waals surface area contributed by atoms with Crippen molar-refractivity contribution >= 4 is 17.5 Å². The topological polar surface area (TPSA) is 51.2 Å². The standard InChI is InChI=1S/C16H17ClN2O2/c1-21-16-10-12(8-9-18-16)11-19-15(20)7-6-13-4-2-3-5-14(13)17/h2-5,8-10H,6-7,11H2,1H3,(H,19,20). The number of pyridine rings is 1. The smallest absolute Gasteiger partial charge is 0.220 e. The van der Waals surface area contributed by atoms with Crippen molar-refractivity contribution in [3.8, 4) is 5.88 Å². The summed E-state index contributed by atoms with van der Waals surface area (Å²) in [6.07, 6.45) is 2.70. The van der Waals surface area contributed by atoms with Crippen molar-refractivity contribution in [2.24, 2.45) is 0 Å². The zero-order valence-electron chi connectivity index (χ0n) is 11.8.